The van der Waals surface area contributed by atoms with E-state index >= 15 is 0 Å². The molecule has 4 aromatic carbocycles. The Morgan fingerprint density at radius 1 is 0.816 bits per heavy atom. The van der Waals surface area contributed by atoms with Crippen LogP contribution in [0.5, 0.6) is 5.75 Å². The number of fused-ring (bicyclic) bond motifs is 1. The van der Waals surface area contributed by atoms with E-state index in [2.05, 4.69) is 11.8 Å². The monoisotopic (exact) mass is 507 g/mol. The Morgan fingerprint density at radius 3 is 2.00 bits per heavy atom. The summed E-state index contributed by atoms with van der Waals surface area (Å²) >= 11 is 0. The summed E-state index contributed by atoms with van der Waals surface area (Å²) in [5, 5.41) is 11.6. The number of hydrogen-bond donors (Lipinski definition) is 0. The molecule has 0 aliphatic carbocycles. The van der Waals surface area contributed by atoms with Crippen molar-refractivity contribution in [2.75, 3.05) is 11.5 Å². The van der Waals surface area contributed by atoms with Crippen LogP contribution >= 0.6 is 0 Å². The topological polar surface area (TPSA) is 75.9 Å². The highest BCUT2D eigenvalue weighted by atomic mass is 16.6. The first-order valence-electron chi connectivity index (χ1n) is 12.7. The maximum Gasteiger partial charge on any atom is 0.270 e. The molecule has 7 nitrogen and oxygen atoms in total. The van der Waals surface area contributed by atoms with E-state index in [9.17, 15) is 14.9 Å². The summed E-state index contributed by atoms with van der Waals surface area (Å²) in [4.78, 5) is 29.1. The van der Waals surface area contributed by atoms with Crippen LogP contribution in [0.2, 0.25) is 0 Å². The maximum atomic E-state index is 14.0. The number of benzene rings is 4. The summed E-state index contributed by atoms with van der Waals surface area (Å²) in [5.74, 6) is 0.533. The molecule has 0 fully saturated rings. The molecule has 0 spiro atoms. The zero-order valence-corrected chi connectivity index (χ0v) is 21.2. The van der Waals surface area contributed by atoms with Gasteiger partial charge in [0, 0.05) is 25.2 Å². The van der Waals surface area contributed by atoms with Crippen molar-refractivity contribution in [1.29, 1.82) is 0 Å². The van der Waals surface area contributed by atoms with Crippen molar-refractivity contribution in [3.63, 3.8) is 0 Å². The first-order valence-corrected chi connectivity index (χ1v) is 12.7. The Hall–Kier alpha value is -4.65. The van der Waals surface area contributed by atoms with Crippen molar-refractivity contribution < 1.29 is 14.5 Å². The number of ether oxygens (including phenoxy) is 1. The number of nitro groups is 1. The van der Waals surface area contributed by atoms with Crippen LogP contribution in [0.4, 0.5) is 11.4 Å². The Kier molecular flexibility index (Phi) is 7.35. The SMILES string of the molecule is CCCOc1ccc([C@H]2N(Cc3ccccc3)C(=O)c3cc([N+](=O)[O-])ccc3N2Cc2ccccc2)cc1. The molecule has 192 valence electrons. The molecule has 0 radical (unpaired) electrons. The molecule has 0 aromatic heterocycles. The number of anilines is 1. The second-order valence-electron chi connectivity index (χ2n) is 9.28. The Labute approximate surface area is 222 Å². The van der Waals surface area contributed by atoms with Crippen LogP contribution < -0.4 is 9.64 Å². The number of non-ortho nitro benzene ring substituents is 1. The number of nitro benzene ring substituents is 1. The smallest absolute Gasteiger partial charge is 0.270 e. The van der Waals surface area contributed by atoms with E-state index in [1.54, 1.807) is 11.0 Å². The van der Waals surface area contributed by atoms with Crippen LogP contribution in [0.3, 0.4) is 0 Å². The van der Waals surface area contributed by atoms with Gasteiger partial charge in [0.1, 0.15) is 11.9 Å². The molecule has 1 atom stereocenters. The molecule has 4 aromatic rings. The number of carbonyl (C=O) groups is 1. The molecule has 1 aliphatic heterocycles. The fourth-order valence-corrected chi connectivity index (χ4v) is 4.83. The van der Waals surface area contributed by atoms with Crippen molar-refractivity contribution in [1.82, 2.24) is 4.90 Å². The Balaban J connectivity index is 1.65. The number of rotatable bonds is 9. The lowest BCUT2D eigenvalue weighted by molar-refractivity contribution is -0.384. The van der Waals surface area contributed by atoms with Gasteiger partial charge >= 0.3 is 0 Å². The molecule has 0 saturated carbocycles. The second kappa shape index (κ2) is 11.2. The lowest BCUT2D eigenvalue weighted by Crippen LogP contribution is -2.48. The lowest BCUT2D eigenvalue weighted by atomic mass is 9.98. The van der Waals surface area contributed by atoms with E-state index in [-0.39, 0.29) is 11.6 Å². The molecule has 5 rings (SSSR count). The number of carbonyl (C=O) groups excluding carboxylic acids is 1. The molecule has 0 saturated heterocycles. The van der Waals surface area contributed by atoms with Gasteiger partial charge in [-0.25, -0.2) is 0 Å². The van der Waals surface area contributed by atoms with E-state index in [0.717, 1.165) is 28.9 Å². The van der Waals surface area contributed by atoms with Gasteiger partial charge in [-0.1, -0.05) is 79.7 Å². The fraction of sp³-hybridized carbons (Fsp3) is 0.194. The molecule has 1 heterocycles. The largest absolute Gasteiger partial charge is 0.494 e. The zero-order chi connectivity index (χ0) is 26.5. The van der Waals surface area contributed by atoms with Crippen molar-refractivity contribution in [3.8, 4) is 5.75 Å². The van der Waals surface area contributed by atoms with Crippen LogP contribution in [-0.4, -0.2) is 22.3 Å². The van der Waals surface area contributed by atoms with Gasteiger partial charge in [0.25, 0.3) is 11.6 Å². The predicted octanol–water partition coefficient (Wildman–Crippen LogP) is 6.75. The molecule has 0 unspecified atom stereocenters. The second-order valence-corrected chi connectivity index (χ2v) is 9.28. The fourth-order valence-electron chi connectivity index (χ4n) is 4.83. The molecule has 0 bridgehead atoms. The quantitative estimate of drug-likeness (QED) is 0.185. The minimum absolute atomic E-state index is 0.104. The summed E-state index contributed by atoms with van der Waals surface area (Å²) in [6.45, 7) is 3.56. The first kappa shape index (κ1) is 25.0. The third-order valence-electron chi connectivity index (χ3n) is 6.62. The summed E-state index contributed by atoms with van der Waals surface area (Å²) in [6.07, 6.45) is 0.481. The maximum absolute atomic E-state index is 14.0. The van der Waals surface area contributed by atoms with Gasteiger partial charge in [-0.05, 0) is 41.3 Å². The van der Waals surface area contributed by atoms with E-state index in [0.29, 0.717) is 30.9 Å². The standard InChI is InChI=1S/C31H29N3O4/c1-2-19-38-27-16-13-25(14-17-27)30-32(21-23-9-5-3-6-10-23)29-18-15-26(34(36)37)20-28(29)31(35)33(30)22-24-11-7-4-8-12-24/h3-18,20,30H,2,19,21-22H2,1H3/t30-/m1/s1. The molecule has 7 heteroatoms. The summed E-state index contributed by atoms with van der Waals surface area (Å²) < 4.78 is 5.80. The Bertz CT molecular complexity index is 1410. The lowest BCUT2D eigenvalue weighted by Gasteiger charge is -2.46. The van der Waals surface area contributed by atoms with E-state index in [1.165, 1.54) is 12.1 Å². The highest BCUT2D eigenvalue weighted by Gasteiger charge is 2.39. The van der Waals surface area contributed by atoms with Crippen LogP contribution in [0.25, 0.3) is 0 Å². The molecule has 1 amide bonds. The summed E-state index contributed by atoms with van der Waals surface area (Å²) in [5.41, 5.74) is 3.86. The van der Waals surface area contributed by atoms with Gasteiger partial charge in [0.15, 0.2) is 0 Å². The number of hydrogen-bond acceptors (Lipinski definition) is 5. The van der Waals surface area contributed by atoms with Gasteiger partial charge in [-0.2, -0.15) is 0 Å². The normalized spacial score (nSPS) is 14.8. The molecule has 38 heavy (non-hydrogen) atoms. The van der Waals surface area contributed by atoms with Gasteiger partial charge in [0.2, 0.25) is 0 Å². The highest BCUT2D eigenvalue weighted by molar-refractivity contribution is 6.02. The third kappa shape index (κ3) is 5.22. The Morgan fingerprint density at radius 2 is 1.42 bits per heavy atom. The average Bonchev–Trinajstić information content (AvgIpc) is 2.95. The zero-order valence-electron chi connectivity index (χ0n) is 21.2. The molecular weight excluding hydrogens is 478 g/mol. The average molecular weight is 508 g/mol. The van der Waals surface area contributed by atoms with Gasteiger partial charge in [0.05, 0.1) is 22.8 Å². The van der Waals surface area contributed by atoms with E-state index < -0.39 is 11.1 Å². The van der Waals surface area contributed by atoms with Crippen LogP contribution in [0.1, 0.15) is 46.6 Å². The van der Waals surface area contributed by atoms with Crippen molar-refractivity contribution in [2.24, 2.45) is 0 Å². The first-order chi connectivity index (χ1) is 18.5. The van der Waals surface area contributed by atoms with Crippen molar-refractivity contribution in [2.45, 2.75) is 32.6 Å². The van der Waals surface area contributed by atoms with Crippen LogP contribution in [0.15, 0.2) is 103 Å². The number of nitrogens with zero attached hydrogens (tertiary/aromatic N) is 3. The van der Waals surface area contributed by atoms with Gasteiger partial charge < -0.3 is 14.5 Å². The van der Waals surface area contributed by atoms with Crippen LogP contribution in [-0.2, 0) is 13.1 Å². The molecular formula is C31H29N3O4. The molecule has 1 aliphatic rings. The minimum atomic E-state index is -0.461. The molecule has 0 N–H and O–H groups in total. The highest BCUT2D eigenvalue weighted by Crippen LogP contribution is 2.42. The van der Waals surface area contributed by atoms with E-state index in [4.69, 9.17) is 4.74 Å². The van der Waals surface area contributed by atoms with E-state index in [1.807, 2.05) is 84.9 Å². The number of amides is 1. The van der Waals surface area contributed by atoms with Crippen LogP contribution in [0, 0.1) is 10.1 Å². The minimum Gasteiger partial charge on any atom is -0.494 e. The van der Waals surface area contributed by atoms with Gasteiger partial charge in [-0.3, -0.25) is 14.9 Å². The summed E-state index contributed by atoms with van der Waals surface area (Å²) in [6, 6.07) is 32.2. The summed E-state index contributed by atoms with van der Waals surface area (Å²) in [7, 11) is 0. The predicted molar refractivity (Wildman–Crippen MR) is 147 cm³/mol. The van der Waals surface area contributed by atoms with Crippen molar-refractivity contribution in [3.05, 3.63) is 135 Å². The third-order valence-corrected chi connectivity index (χ3v) is 6.62. The van der Waals surface area contributed by atoms with Crippen molar-refractivity contribution >= 4 is 17.3 Å². The van der Waals surface area contributed by atoms with Gasteiger partial charge in [-0.15, -0.1) is 0 Å².